The fourth-order valence-corrected chi connectivity index (χ4v) is 9.72. The van der Waals surface area contributed by atoms with Gasteiger partial charge in [-0.25, -0.2) is 0 Å². The average molecular weight is 751 g/mol. The second kappa shape index (κ2) is 28.7. The summed E-state index contributed by atoms with van der Waals surface area (Å²) < 4.78 is 0. The molecule has 0 aromatic heterocycles. The Morgan fingerprint density at radius 3 is 0.887 bits per heavy atom. The highest BCUT2D eigenvalue weighted by molar-refractivity contribution is 7.99. The lowest BCUT2D eigenvalue weighted by atomic mass is 9.79. The van der Waals surface area contributed by atoms with Crippen LogP contribution in [0.3, 0.4) is 0 Å². The summed E-state index contributed by atoms with van der Waals surface area (Å²) in [5, 5.41) is 21.2. The summed E-state index contributed by atoms with van der Waals surface area (Å²) in [6.45, 7) is 14.1. The van der Waals surface area contributed by atoms with E-state index in [1.807, 2.05) is 24.3 Å². The number of phenolic OH excluding ortho intramolecular Hbond substituents is 2. The summed E-state index contributed by atoms with van der Waals surface area (Å²) in [6.07, 6.45) is 41.0. The summed E-state index contributed by atoms with van der Waals surface area (Å²) in [7, 11) is 0. The van der Waals surface area contributed by atoms with Crippen LogP contribution in [-0.2, 0) is 10.8 Å². The highest BCUT2D eigenvalue weighted by Gasteiger charge is 2.27. The minimum atomic E-state index is 0.00785. The molecule has 2 N–H and O–H groups in total. The molecule has 3 heteroatoms. The topological polar surface area (TPSA) is 40.5 Å². The van der Waals surface area contributed by atoms with E-state index >= 15 is 0 Å². The zero-order valence-electron chi connectivity index (χ0n) is 36.0. The minimum Gasteiger partial charge on any atom is -0.508 e. The molecule has 2 nitrogen and oxygen atoms in total. The van der Waals surface area contributed by atoms with Crippen LogP contribution in [0.4, 0.5) is 0 Å². The van der Waals surface area contributed by atoms with Crippen molar-refractivity contribution < 1.29 is 10.2 Å². The summed E-state index contributed by atoms with van der Waals surface area (Å²) >= 11 is 1.73. The fourth-order valence-electron chi connectivity index (χ4n) is 8.22. The first-order chi connectivity index (χ1) is 25.6. The standard InChI is InChI=1S/C50H86O2S/c1-7-9-11-13-15-17-19-21-23-25-27-29-31-33-39-49(3,4)45-37-35-43(51)41-47(45)53-48-42-44(52)36-38-46(48)50(5,6)40-34-32-30-28-26-24-22-20-18-16-14-12-10-8-2/h35-38,41-42,51-52H,7-34,39-40H2,1-6H3. The first-order valence-electron chi connectivity index (χ1n) is 23.0. The second-order valence-corrected chi connectivity index (χ2v) is 19.0. The van der Waals surface area contributed by atoms with E-state index in [2.05, 4.69) is 53.7 Å². The summed E-state index contributed by atoms with van der Waals surface area (Å²) in [4.78, 5) is 2.22. The van der Waals surface area contributed by atoms with Gasteiger partial charge in [0.05, 0.1) is 0 Å². The number of aromatic hydroxyl groups is 2. The number of hydrogen-bond acceptors (Lipinski definition) is 3. The van der Waals surface area contributed by atoms with E-state index in [9.17, 15) is 10.2 Å². The maximum absolute atomic E-state index is 10.6. The van der Waals surface area contributed by atoms with Gasteiger partial charge in [-0.3, -0.25) is 0 Å². The molecule has 0 saturated heterocycles. The van der Waals surface area contributed by atoms with Crippen LogP contribution in [0.15, 0.2) is 46.2 Å². The first-order valence-corrected chi connectivity index (χ1v) is 23.8. The molecular weight excluding hydrogens is 665 g/mol. The molecule has 0 radical (unpaired) electrons. The van der Waals surface area contributed by atoms with E-state index in [0.29, 0.717) is 11.5 Å². The van der Waals surface area contributed by atoms with Gasteiger partial charge in [-0.15, -0.1) is 0 Å². The van der Waals surface area contributed by atoms with Gasteiger partial charge in [0.15, 0.2) is 0 Å². The smallest absolute Gasteiger partial charge is 0.116 e. The lowest BCUT2D eigenvalue weighted by Gasteiger charge is -2.30. The summed E-state index contributed by atoms with van der Waals surface area (Å²) in [5.41, 5.74) is 2.62. The lowest BCUT2D eigenvalue weighted by Crippen LogP contribution is -2.19. The normalized spacial score (nSPS) is 12.2. The Morgan fingerprint density at radius 2 is 0.623 bits per heavy atom. The molecule has 304 valence electrons. The first kappa shape index (κ1) is 47.5. The van der Waals surface area contributed by atoms with Crippen LogP contribution in [0.2, 0.25) is 0 Å². The number of phenols is 2. The van der Waals surface area contributed by atoms with Crippen LogP contribution in [0, 0.1) is 0 Å². The van der Waals surface area contributed by atoms with Crippen molar-refractivity contribution in [3.8, 4) is 11.5 Å². The van der Waals surface area contributed by atoms with Gasteiger partial charge in [0, 0.05) is 9.79 Å². The lowest BCUT2D eigenvalue weighted by molar-refractivity contribution is 0.430. The van der Waals surface area contributed by atoms with Gasteiger partial charge in [-0.1, -0.05) is 245 Å². The molecule has 2 aromatic rings. The number of benzene rings is 2. The maximum atomic E-state index is 10.6. The van der Waals surface area contributed by atoms with Crippen LogP contribution in [0.25, 0.3) is 0 Å². The molecule has 0 atom stereocenters. The molecule has 0 unspecified atom stereocenters. The average Bonchev–Trinajstić information content (AvgIpc) is 3.11. The SMILES string of the molecule is CCCCCCCCCCCCCCCCC(C)(C)c1ccc(O)cc1Sc1cc(O)ccc1C(C)(C)CCCCCCCCCCCCCCCC. The molecule has 0 bridgehead atoms. The molecule has 0 fully saturated rings. The zero-order chi connectivity index (χ0) is 38.6. The Labute approximate surface area is 334 Å². The Morgan fingerprint density at radius 1 is 0.377 bits per heavy atom. The largest absolute Gasteiger partial charge is 0.508 e. The number of unbranched alkanes of at least 4 members (excludes halogenated alkanes) is 26. The Hall–Kier alpha value is -1.61. The van der Waals surface area contributed by atoms with Gasteiger partial charge in [-0.2, -0.15) is 0 Å². The van der Waals surface area contributed by atoms with Crippen LogP contribution in [0.1, 0.15) is 245 Å². The van der Waals surface area contributed by atoms with Crippen LogP contribution in [0.5, 0.6) is 11.5 Å². The summed E-state index contributed by atoms with van der Waals surface area (Å²) in [5.74, 6) is 0.624. The third-order valence-corrected chi connectivity index (χ3v) is 13.0. The molecule has 2 rings (SSSR count). The van der Waals surface area contributed by atoms with Crippen molar-refractivity contribution in [2.45, 2.75) is 255 Å². The van der Waals surface area contributed by atoms with Crippen LogP contribution < -0.4 is 0 Å². The molecule has 2 aromatic carbocycles. The number of rotatable bonds is 34. The Kier molecular flexibility index (Phi) is 25.8. The highest BCUT2D eigenvalue weighted by Crippen LogP contribution is 2.45. The van der Waals surface area contributed by atoms with Gasteiger partial charge < -0.3 is 10.2 Å². The number of hydrogen-bond donors (Lipinski definition) is 2. The van der Waals surface area contributed by atoms with Crippen LogP contribution in [-0.4, -0.2) is 10.2 Å². The predicted octanol–water partition coefficient (Wildman–Crippen LogP) is 17.5. The van der Waals surface area contributed by atoms with E-state index in [0.717, 1.165) is 22.6 Å². The maximum Gasteiger partial charge on any atom is 0.116 e. The van der Waals surface area contributed by atoms with Gasteiger partial charge in [-0.05, 0) is 59.1 Å². The van der Waals surface area contributed by atoms with E-state index in [-0.39, 0.29) is 10.8 Å². The van der Waals surface area contributed by atoms with Crippen LogP contribution >= 0.6 is 11.8 Å². The van der Waals surface area contributed by atoms with E-state index in [4.69, 9.17) is 0 Å². The highest BCUT2D eigenvalue weighted by atomic mass is 32.2. The van der Waals surface area contributed by atoms with Gasteiger partial charge >= 0.3 is 0 Å². The Bertz CT molecular complexity index is 1090. The molecule has 0 spiro atoms. The molecule has 0 aliphatic rings. The van der Waals surface area contributed by atoms with E-state index in [1.54, 1.807) is 11.8 Å². The van der Waals surface area contributed by atoms with Crippen molar-refractivity contribution in [3.05, 3.63) is 47.5 Å². The molecule has 0 heterocycles. The van der Waals surface area contributed by atoms with E-state index < -0.39 is 0 Å². The van der Waals surface area contributed by atoms with Crippen molar-refractivity contribution >= 4 is 11.8 Å². The minimum absolute atomic E-state index is 0.00785. The van der Waals surface area contributed by atoms with Gasteiger partial charge in [0.2, 0.25) is 0 Å². The Balaban J connectivity index is 1.80. The molecule has 0 amide bonds. The third-order valence-electron chi connectivity index (χ3n) is 11.9. The van der Waals surface area contributed by atoms with E-state index in [1.165, 1.54) is 191 Å². The van der Waals surface area contributed by atoms with Crippen molar-refractivity contribution in [1.82, 2.24) is 0 Å². The second-order valence-electron chi connectivity index (χ2n) is 17.9. The summed E-state index contributed by atoms with van der Waals surface area (Å²) in [6, 6.07) is 11.9. The fraction of sp³-hybridized carbons (Fsp3) is 0.760. The molecule has 0 aliphatic heterocycles. The van der Waals surface area contributed by atoms with Crippen molar-refractivity contribution in [2.24, 2.45) is 0 Å². The van der Waals surface area contributed by atoms with Crippen molar-refractivity contribution in [3.63, 3.8) is 0 Å². The van der Waals surface area contributed by atoms with Crippen molar-refractivity contribution in [1.29, 1.82) is 0 Å². The molecule has 0 aliphatic carbocycles. The zero-order valence-corrected chi connectivity index (χ0v) is 36.8. The molecule has 53 heavy (non-hydrogen) atoms. The van der Waals surface area contributed by atoms with Crippen molar-refractivity contribution in [2.75, 3.05) is 0 Å². The monoisotopic (exact) mass is 751 g/mol. The van der Waals surface area contributed by atoms with Gasteiger partial charge in [0.25, 0.3) is 0 Å². The van der Waals surface area contributed by atoms with Gasteiger partial charge in [0.1, 0.15) is 11.5 Å². The third kappa shape index (κ3) is 21.3. The quantitative estimate of drug-likeness (QED) is 0.0700. The predicted molar refractivity (Wildman–Crippen MR) is 236 cm³/mol. The molecule has 0 saturated carbocycles. The molecular formula is C50H86O2S.